The van der Waals surface area contributed by atoms with Crippen molar-refractivity contribution in [3.63, 3.8) is 0 Å². The molecule has 2 nitrogen and oxygen atoms in total. The van der Waals surface area contributed by atoms with Crippen LogP contribution >= 0.6 is 11.8 Å². The van der Waals surface area contributed by atoms with Crippen molar-refractivity contribution in [2.24, 2.45) is 0 Å². The first-order valence-corrected chi connectivity index (χ1v) is 8.29. The van der Waals surface area contributed by atoms with Crippen LogP contribution in [0.5, 0.6) is 0 Å². The summed E-state index contributed by atoms with van der Waals surface area (Å²) in [5.41, 5.74) is 1.89. The molecule has 0 radical (unpaired) electrons. The molecule has 19 heavy (non-hydrogen) atoms. The third-order valence-corrected chi connectivity index (χ3v) is 6.03. The minimum atomic E-state index is 0.341. The van der Waals surface area contributed by atoms with Crippen LogP contribution in [0, 0.1) is 0 Å². The van der Waals surface area contributed by atoms with Crippen molar-refractivity contribution in [1.29, 1.82) is 0 Å². The number of hydrogen-bond donors (Lipinski definition) is 1. The van der Waals surface area contributed by atoms with Crippen LogP contribution in [-0.4, -0.2) is 41.9 Å². The Kier molecular flexibility index (Phi) is 3.88. The van der Waals surface area contributed by atoms with Crippen molar-refractivity contribution in [3.8, 4) is 0 Å². The molecule has 0 spiro atoms. The van der Waals surface area contributed by atoms with E-state index >= 15 is 0 Å². The predicted molar refractivity (Wildman–Crippen MR) is 82.9 cm³/mol. The second-order valence-corrected chi connectivity index (χ2v) is 7.37. The smallest absolute Gasteiger partial charge is 0.0304 e. The summed E-state index contributed by atoms with van der Waals surface area (Å²) in [4.78, 5) is 4.22. The molecule has 0 saturated carbocycles. The fourth-order valence-electron chi connectivity index (χ4n) is 3.22. The summed E-state index contributed by atoms with van der Waals surface area (Å²) in [6.45, 7) is 9.42. The summed E-state index contributed by atoms with van der Waals surface area (Å²) in [6, 6.07) is 8.90. The molecule has 0 aliphatic carbocycles. The van der Waals surface area contributed by atoms with Gasteiger partial charge in [-0.25, -0.2) is 0 Å². The van der Waals surface area contributed by atoms with Crippen molar-refractivity contribution in [2.75, 3.05) is 26.2 Å². The van der Waals surface area contributed by atoms with E-state index in [-0.39, 0.29) is 0 Å². The Bertz CT molecular complexity index is 423. The Balaban J connectivity index is 1.66. The summed E-state index contributed by atoms with van der Waals surface area (Å²) in [5, 5.41) is 4.29. The molecule has 1 aromatic rings. The van der Waals surface area contributed by atoms with Crippen molar-refractivity contribution in [3.05, 3.63) is 29.8 Å². The minimum absolute atomic E-state index is 0.341. The molecule has 104 valence electrons. The van der Waals surface area contributed by atoms with Gasteiger partial charge in [0.1, 0.15) is 0 Å². The fraction of sp³-hybridized carbons (Fsp3) is 0.625. The largest absolute Gasteiger partial charge is 0.314 e. The average Bonchev–Trinajstić information content (AvgIpc) is 2.84. The second-order valence-electron chi connectivity index (χ2n) is 6.02. The first kappa shape index (κ1) is 13.5. The van der Waals surface area contributed by atoms with Crippen LogP contribution in [0.1, 0.15) is 25.8 Å². The van der Waals surface area contributed by atoms with Crippen molar-refractivity contribution in [2.45, 2.75) is 42.4 Å². The molecule has 2 aliphatic heterocycles. The van der Waals surface area contributed by atoms with Gasteiger partial charge in [0.2, 0.25) is 0 Å². The van der Waals surface area contributed by atoms with E-state index in [1.165, 1.54) is 30.8 Å². The average molecular weight is 276 g/mol. The van der Waals surface area contributed by atoms with Gasteiger partial charge >= 0.3 is 0 Å². The lowest BCUT2D eigenvalue weighted by Gasteiger charge is -2.45. The van der Waals surface area contributed by atoms with E-state index in [1.807, 2.05) is 0 Å². The van der Waals surface area contributed by atoms with Gasteiger partial charge in [0.25, 0.3) is 0 Å². The van der Waals surface area contributed by atoms with Crippen LogP contribution in [0.3, 0.4) is 0 Å². The van der Waals surface area contributed by atoms with Crippen LogP contribution < -0.4 is 5.32 Å². The van der Waals surface area contributed by atoms with Gasteiger partial charge in [-0.15, -0.1) is 11.8 Å². The topological polar surface area (TPSA) is 15.3 Å². The second kappa shape index (κ2) is 5.47. The molecule has 1 fully saturated rings. The molecule has 0 aromatic heterocycles. The molecular formula is C16H24N2S. The lowest BCUT2D eigenvalue weighted by atomic mass is 9.93. The number of nitrogens with zero attached hydrogens (tertiary/aromatic N) is 1. The molecule has 1 saturated heterocycles. The molecule has 1 aromatic carbocycles. The first-order valence-electron chi connectivity index (χ1n) is 7.41. The third-order valence-electron chi connectivity index (χ3n) is 4.73. The summed E-state index contributed by atoms with van der Waals surface area (Å²) in [6.07, 6.45) is 2.47. The van der Waals surface area contributed by atoms with E-state index in [1.54, 1.807) is 5.56 Å². The highest BCUT2D eigenvalue weighted by molar-refractivity contribution is 8.00. The van der Waals surface area contributed by atoms with Gasteiger partial charge in [-0.1, -0.05) is 25.1 Å². The Hall–Kier alpha value is -0.510. The highest BCUT2D eigenvalue weighted by Gasteiger charge is 2.35. The van der Waals surface area contributed by atoms with Crippen molar-refractivity contribution in [1.82, 2.24) is 10.2 Å². The zero-order chi connectivity index (χ0) is 13.3. The quantitative estimate of drug-likeness (QED) is 0.914. The fourth-order valence-corrected chi connectivity index (χ4v) is 4.55. The highest BCUT2D eigenvalue weighted by Crippen LogP contribution is 2.38. The van der Waals surface area contributed by atoms with Crippen molar-refractivity contribution >= 4 is 11.8 Å². The first-order chi connectivity index (χ1) is 9.21. The predicted octanol–water partition coefficient (Wildman–Crippen LogP) is 2.78. The van der Waals surface area contributed by atoms with Crippen LogP contribution in [0.25, 0.3) is 0 Å². The van der Waals surface area contributed by atoms with E-state index < -0.39 is 0 Å². The standard InChI is InChI=1S/C16H24N2S/c1-3-16(2)12-17-8-9-18(16)11-14-10-13-6-4-5-7-15(13)19-14/h4-7,14,17H,3,8-12H2,1-2H3. The lowest BCUT2D eigenvalue weighted by molar-refractivity contribution is 0.0722. The molecule has 0 bridgehead atoms. The van der Waals surface area contributed by atoms with Gasteiger partial charge in [-0.2, -0.15) is 0 Å². The number of fused-ring (bicyclic) bond motifs is 1. The van der Waals surface area contributed by atoms with Gasteiger partial charge < -0.3 is 5.32 Å². The monoisotopic (exact) mass is 276 g/mol. The third kappa shape index (κ3) is 2.69. The molecule has 0 amide bonds. The Morgan fingerprint density at radius 2 is 2.26 bits per heavy atom. The SMILES string of the molecule is CCC1(C)CNCCN1CC1Cc2ccccc2S1. The molecule has 2 aliphatic rings. The number of hydrogen-bond acceptors (Lipinski definition) is 3. The maximum atomic E-state index is 3.55. The van der Waals surface area contributed by atoms with Crippen LogP contribution in [-0.2, 0) is 6.42 Å². The summed E-state index contributed by atoms with van der Waals surface area (Å²) < 4.78 is 0. The zero-order valence-electron chi connectivity index (χ0n) is 12.0. The number of rotatable bonds is 3. The molecule has 2 heterocycles. The zero-order valence-corrected chi connectivity index (χ0v) is 12.8. The Labute approximate surface area is 121 Å². The van der Waals surface area contributed by atoms with E-state index in [9.17, 15) is 0 Å². The van der Waals surface area contributed by atoms with Gasteiger partial charge in [0, 0.05) is 41.9 Å². The molecular weight excluding hydrogens is 252 g/mol. The molecule has 2 atom stereocenters. The van der Waals surface area contributed by atoms with Crippen LogP contribution in [0.15, 0.2) is 29.2 Å². The van der Waals surface area contributed by atoms with Crippen LogP contribution in [0.2, 0.25) is 0 Å². The van der Waals surface area contributed by atoms with E-state index in [2.05, 4.69) is 60.1 Å². The minimum Gasteiger partial charge on any atom is -0.314 e. The number of thioether (sulfide) groups is 1. The highest BCUT2D eigenvalue weighted by atomic mass is 32.2. The van der Waals surface area contributed by atoms with Gasteiger partial charge in [0.15, 0.2) is 0 Å². The van der Waals surface area contributed by atoms with Crippen LogP contribution in [0.4, 0.5) is 0 Å². The maximum Gasteiger partial charge on any atom is 0.0304 e. The van der Waals surface area contributed by atoms with Gasteiger partial charge in [-0.05, 0) is 31.4 Å². The van der Waals surface area contributed by atoms with E-state index in [0.717, 1.165) is 18.3 Å². The number of benzene rings is 1. The molecule has 1 N–H and O–H groups in total. The van der Waals surface area contributed by atoms with Crippen molar-refractivity contribution < 1.29 is 0 Å². The number of nitrogens with one attached hydrogen (secondary N) is 1. The van der Waals surface area contributed by atoms with Gasteiger partial charge in [-0.3, -0.25) is 4.90 Å². The Morgan fingerprint density at radius 3 is 3.05 bits per heavy atom. The normalized spacial score (nSPS) is 31.4. The number of piperazine rings is 1. The van der Waals surface area contributed by atoms with Gasteiger partial charge in [0.05, 0.1) is 0 Å². The summed E-state index contributed by atoms with van der Waals surface area (Å²) >= 11 is 2.08. The molecule has 3 rings (SSSR count). The molecule has 2 unspecified atom stereocenters. The summed E-state index contributed by atoms with van der Waals surface area (Å²) in [7, 11) is 0. The maximum absolute atomic E-state index is 3.55. The van der Waals surface area contributed by atoms with E-state index in [4.69, 9.17) is 0 Å². The van der Waals surface area contributed by atoms with E-state index in [0.29, 0.717) is 5.54 Å². The Morgan fingerprint density at radius 1 is 1.42 bits per heavy atom. The lowest BCUT2D eigenvalue weighted by Crippen LogP contribution is -2.60. The molecule has 3 heteroatoms. The summed E-state index contributed by atoms with van der Waals surface area (Å²) in [5.74, 6) is 0.